The third-order valence-electron chi connectivity index (χ3n) is 3.60. The Morgan fingerprint density at radius 3 is 2.60 bits per heavy atom. The van der Waals surface area contributed by atoms with E-state index in [1.165, 1.54) is 7.11 Å². The van der Waals surface area contributed by atoms with Crippen molar-refractivity contribution in [2.45, 2.75) is 27.4 Å². The van der Waals surface area contributed by atoms with Gasteiger partial charge in [-0.25, -0.2) is 4.79 Å². The van der Waals surface area contributed by atoms with E-state index in [1.807, 2.05) is 6.92 Å². The molecule has 0 unspecified atom stereocenters. The first-order chi connectivity index (χ1) is 12.0. The number of nitrogens with zero attached hydrogens (tertiary/aromatic N) is 1. The number of rotatable bonds is 7. The van der Waals surface area contributed by atoms with Crippen LogP contribution in [0.3, 0.4) is 0 Å². The van der Waals surface area contributed by atoms with Gasteiger partial charge in [0, 0.05) is 16.8 Å². The fourth-order valence-corrected chi connectivity index (χ4v) is 2.54. The highest BCUT2D eigenvalue weighted by Crippen LogP contribution is 2.29. The predicted molar refractivity (Wildman–Crippen MR) is 92.4 cm³/mol. The van der Waals surface area contributed by atoms with Crippen LogP contribution < -0.4 is 9.47 Å². The quantitative estimate of drug-likeness (QED) is 0.567. The summed E-state index contributed by atoms with van der Waals surface area (Å²) in [5.41, 5.74) is 2.91. The van der Waals surface area contributed by atoms with Gasteiger partial charge in [-0.3, -0.25) is 9.78 Å². The topological polar surface area (TPSA) is 74.7 Å². The van der Waals surface area contributed by atoms with Crippen LogP contribution >= 0.6 is 0 Å². The molecule has 1 aromatic carbocycles. The monoisotopic (exact) mass is 343 g/mol. The fraction of sp³-hybridized carbons (Fsp3) is 0.316. The number of aldehydes is 1. The highest BCUT2D eigenvalue weighted by Gasteiger charge is 2.18. The second-order valence-corrected chi connectivity index (χ2v) is 5.42. The lowest BCUT2D eigenvalue weighted by Crippen LogP contribution is -2.14. The molecule has 0 amide bonds. The Labute approximate surface area is 146 Å². The van der Waals surface area contributed by atoms with Crippen molar-refractivity contribution in [3.63, 3.8) is 0 Å². The zero-order valence-electron chi connectivity index (χ0n) is 14.8. The van der Waals surface area contributed by atoms with Crippen molar-refractivity contribution in [2.75, 3.05) is 13.7 Å². The minimum absolute atomic E-state index is 0.122. The summed E-state index contributed by atoms with van der Waals surface area (Å²) in [6.45, 7) is 5.76. The van der Waals surface area contributed by atoms with E-state index in [9.17, 15) is 9.59 Å². The van der Waals surface area contributed by atoms with Crippen LogP contribution in [0.4, 0.5) is 0 Å². The van der Waals surface area contributed by atoms with Crippen LogP contribution in [0.25, 0.3) is 0 Å². The maximum atomic E-state index is 12.2. The van der Waals surface area contributed by atoms with Gasteiger partial charge in [-0.15, -0.1) is 0 Å². The van der Waals surface area contributed by atoms with Crippen molar-refractivity contribution in [2.24, 2.45) is 0 Å². The average molecular weight is 343 g/mol. The highest BCUT2D eigenvalue weighted by molar-refractivity contribution is 5.92. The second-order valence-electron chi connectivity index (χ2n) is 5.42. The number of aryl methyl sites for hydroxylation is 2. The van der Waals surface area contributed by atoms with Crippen LogP contribution in [0.1, 0.15) is 44.6 Å². The molecule has 0 atom stereocenters. The number of ether oxygens (including phenoxy) is 3. The first-order valence-corrected chi connectivity index (χ1v) is 7.90. The average Bonchev–Trinajstić information content (AvgIpc) is 2.59. The van der Waals surface area contributed by atoms with Crippen molar-refractivity contribution in [1.82, 2.24) is 4.98 Å². The molecule has 1 heterocycles. The summed E-state index contributed by atoms with van der Waals surface area (Å²) in [6.07, 6.45) is 0.733. The molecule has 0 N–H and O–H groups in total. The van der Waals surface area contributed by atoms with Crippen molar-refractivity contribution in [1.29, 1.82) is 0 Å². The molecular weight excluding hydrogens is 322 g/mol. The molecule has 132 valence electrons. The molecular formula is C19H21NO5. The summed E-state index contributed by atoms with van der Waals surface area (Å²) in [6, 6.07) is 6.68. The van der Waals surface area contributed by atoms with Crippen LogP contribution in [-0.2, 0) is 11.3 Å². The van der Waals surface area contributed by atoms with Crippen molar-refractivity contribution >= 4 is 12.3 Å². The normalized spacial score (nSPS) is 10.2. The first kappa shape index (κ1) is 18.4. The molecule has 2 rings (SSSR count). The van der Waals surface area contributed by atoms with Crippen molar-refractivity contribution < 1.29 is 23.8 Å². The lowest BCUT2D eigenvalue weighted by atomic mass is 10.1. The number of hydrogen-bond donors (Lipinski definition) is 0. The van der Waals surface area contributed by atoms with Crippen LogP contribution in [-0.4, -0.2) is 31.0 Å². The fourth-order valence-electron chi connectivity index (χ4n) is 2.54. The number of hydrogen-bond acceptors (Lipinski definition) is 6. The Bertz CT molecular complexity index is 786. The Morgan fingerprint density at radius 2 is 1.96 bits per heavy atom. The second kappa shape index (κ2) is 8.28. The first-order valence-electron chi connectivity index (χ1n) is 7.90. The molecule has 0 saturated carbocycles. The van der Waals surface area contributed by atoms with Gasteiger partial charge < -0.3 is 14.2 Å². The van der Waals surface area contributed by atoms with Crippen molar-refractivity contribution in [3.8, 4) is 11.5 Å². The smallest absolute Gasteiger partial charge is 0.340 e. The third-order valence-corrected chi connectivity index (χ3v) is 3.60. The van der Waals surface area contributed by atoms with Crippen LogP contribution in [0.2, 0.25) is 0 Å². The van der Waals surface area contributed by atoms with Gasteiger partial charge in [0.2, 0.25) is 0 Å². The standard InChI is InChI=1S/C19H21NO5/c1-5-24-19(22)18-13(3)20-12(2)8-15(18)11-25-17-9-14(10-21)6-7-16(17)23-4/h6-10H,5,11H2,1-4H3. The molecule has 0 aliphatic rings. The number of aromatic nitrogens is 1. The maximum absolute atomic E-state index is 12.2. The predicted octanol–water partition coefficient (Wildman–Crippen LogP) is 3.28. The van der Waals surface area contributed by atoms with E-state index in [0.717, 1.165) is 12.0 Å². The largest absolute Gasteiger partial charge is 0.493 e. The summed E-state index contributed by atoms with van der Waals surface area (Å²) < 4.78 is 16.2. The Morgan fingerprint density at radius 1 is 1.20 bits per heavy atom. The van der Waals surface area contributed by atoms with E-state index < -0.39 is 5.97 Å². The van der Waals surface area contributed by atoms with Gasteiger partial charge in [0.15, 0.2) is 11.5 Å². The van der Waals surface area contributed by atoms with Gasteiger partial charge in [0.25, 0.3) is 0 Å². The minimum Gasteiger partial charge on any atom is -0.493 e. The minimum atomic E-state index is -0.431. The summed E-state index contributed by atoms with van der Waals surface area (Å²) >= 11 is 0. The molecule has 1 aromatic heterocycles. The Balaban J connectivity index is 2.34. The zero-order valence-corrected chi connectivity index (χ0v) is 14.8. The van der Waals surface area contributed by atoms with Gasteiger partial charge in [0.1, 0.15) is 12.9 Å². The van der Waals surface area contributed by atoms with Gasteiger partial charge in [0.05, 0.1) is 25.0 Å². The number of carbonyl (C=O) groups is 2. The van der Waals surface area contributed by atoms with Crippen LogP contribution in [0.15, 0.2) is 24.3 Å². The molecule has 6 nitrogen and oxygen atoms in total. The van der Waals surface area contributed by atoms with E-state index in [2.05, 4.69) is 4.98 Å². The lowest BCUT2D eigenvalue weighted by Gasteiger charge is -2.15. The number of esters is 1. The van der Waals surface area contributed by atoms with Gasteiger partial charge in [-0.1, -0.05) is 0 Å². The highest BCUT2D eigenvalue weighted by atomic mass is 16.5. The maximum Gasteiger partial charge on any atom is 0.340 e. The number of methoxy groups -OCH3 is 1. The molecule has 25 heavy (non-hydrogen) atoms. The van der Waals surface area contributed by atoms with Crippen LogP contribution in [0, 0.1) is 13.8 Å². The molecule has 0 saturated heterocycles. The number of benzene rings is 1. The van der Waals surface area contributed by atoms with Crippen molar-refractivity contribution in [3.05, 3.63) is 52.3 Å². The summed E-state index contributed by atoms with van der Waals surface area (Å²) in [4.78, 5) is 27.5. The third kappa shape index (κ3) is 4.35. The summed E-state index contributed by atoms with van der Waals surface area (Å²) in [5, 5.41) is 0. The van der Waals surface area contributed by atoms with E-state index in [1.54, 1.807) is 38.1 Å². The van der Waals surface area contributed by atoms with E-state index in [-0.39, 0.29) is 13.2 Å². The Hall–Kier alpha value is -2.89. The SMILES string of the molecule is CCOC(=O)c1c(COc2cc(C=O)ccc2OC)cc(C)nc1C. The number of carbonyl (C=O) groups excluding carboxylic acids is 2. The molecule has 0 fully saturated rings. The summed E-state index contributed by atoms with van der Waals surface area (Å²) in [5.74, 6) is 0.500. The summed E-state index contributed by atoms with van der Waals surface area (Å²) in [7, 11) is 1.52. The molecule has 2 aromatic rings. The van der Waals surface area contributed by atoms with Gasteiger partial charge in [-0.05, 0) is 45.0 Å². The molecule has 0 aliphatic carbocycles. The molecule has 6 heteroatoms. The van der Waals surface area contributed by atoms with Crippen LogP contribution in [0.5, 0.6) is 11.5 Å². The zero-order chi connectivity index (χ0) is 18.4. The van der Waals surface area contributed by atoms with Gasteiger partial charge in [-0.2, -0.15) is 0 Å². The van der Waals surface area contributed by atoms with Gasteiger partial charge >= 0.3 is 5.97 Å². The lowest BCUT2D eigenvalue weighted by molar-refractivity contribution is 0.0521. The molecule has 0 spiro atoms. The molecule has 0 radical (unpaired) electrons. The number of pyridine rings is 1. The van der Waals surface area contributed by atoms with E-state index in [0.29, 0.717) is 33.9 Å². The van der Waals surface area contributed by atoms with E-state index in [4.69, 9.17) is 14.2 Å². The Kier molecular flexibility index (Phi) is 6.11. The van der Waals surface area contributed by atoms with E-state index >= 15 is 0 Å². The molecule has 0 aliphatic heterocycles. The molecule has 0 bridgehead atoms.